The van der Waals surface area contributed by atoms with Gasteiger partial charge in [-0.1, -0.05) is 25.0 Å². The van der Waals surface area contributed by atoms with Crippen molar-refractivity contribution in [3.63, 3.8) is 0 Å². The molecule has 2 aliphatic rings. The standard InChI is InChI=1S/C24H39N3O4S/c1-3-31-18-20-7-6-14-27(16-20)17-22-8-4-5-9-23(22)26-24(28)21-12-10-19(11-13-21)15-25-32(2,29)30/h10-13,20,22-23,25H,3-9,14-18H2,1-2H3,(H,26,28)/t20-,22-,23+/m1/s1. The summed E-state index contributed by atoms with van der Waals surface area (Å²) < 4.78 is 30.6. The fourth-order valence-electron chi connectivity index (χ4n) is 4.93. The summed E-state index contributed by atoms with van der Waals surface area (Å²) in [5.74, 6) is 1.06. The first kappa shape index (κ1) is 25.1. The van der Waals surface area contributed by atoms with Crippen LogP contribution in [0.3, 0.4) is 0 Å². The number of carbonyl (C=O) groups excluding carboxylic acids is 1. The fourth-order valence-corrected chi connectivity index (χ4v) is 5.35. The Labute approximate surface area is 193 Å². The van der Waals surface area contributed by atoms with Gasteiger partial charge in [0.2, 0.25) is 10.0 Å². The number of carbonyl (C=O) groups is 1. The average molecular weight is 466 g/mol. The van der Waals surface area contributed by atoms with Crippen molar-refractivity contribution < 1.29 is 17.9 Å². The Morgan fingerprint density at radius 2 is 1.88 bits per heavy atom. The van der Waals surface area contributed by atoms with Gasteiger partial charge in [-0.05, 0) is 68.7 Å². The molecule has 1 amide bonds. The first-order valence-electron chi connectivity index (χ1n) is 12.0. The number of rotatable bonds is 10. The molecule has 1 aromatic carbocycles. The van der Waals surface area contributed by atoms with Crippen molar-refractivity contribution in [1.82, 2.24) is 14.9 Å². The average Bonchev–Trinajstić information content (AvgIpc) is 2.78. The quantitative estimate of drug-likeness (QED) is 0.555. The van der Waals surface area contributed by atoms with E-state index in [0.717, 1.165) is 63.9 Å². The fraction of sp³-hybridized carbons (Fsp3) is 0.708. The Bertz CT molecular complexity index is 828. The summed E-state index contributed by atoms with van der Waals surface area (Å²) in [5.41, 5.74) is 1.45. The van der Waals surface area contributed by atoms with Crippen LogP contribution in [0, 0.1) is 11.8 Å². The van der Waals surface area contributed by atoms with Gasteiger partial charge in [0, 0.05) is 37.8 Å². The maximum absolute atomic E-state index is 12.9. The molecule has 3 atom stereocenters. The minimum Gasteiger partial charge on any atom is -0.381 e. The van der Waals surface area contributed by atoms with Gasteiger partial charge in [-0.2, -0.15) is 0 Å². The summed E-state index contributed by atoms with van der Waals surface area (Å²) in [6.07, 6.45) is 8.19. The van der Waals surface area contributed by atoms with Crippen molar-refractivity contribution in [2.75, 3.05) is 39.1 Å². The lowest BCUT2D eigenvalue weighted by Gasteiger charge is -2.39. The molecule has 0 spiro atoms. The molecule has 180 valence electrons. The maximum atomic E-state index is 12.9. The van der Waals surface area contributed by atoms with Crippen LogP contribution in [0.1, 0.15) is 61.4 Å². The maximum Gasteiger partial charge on any atom is 0.251 e. The highest BCUT2D eigenvalue weighted by atomic mass is 32.2. The topological polar surface area (TPSA) is 87.7 Å². The van der Waals surface area contributed by atoms with Crippen LogP contribution in [0.15, 0.2) is 24.3 Å². The number of likely N-dealkylation sites (tertiary alicyclic amines) is 1. The molecular weight excluding hydrogens is 426 g/mol. The third kappa shape index (κ3) is 8.14. The van der Waals surface area contributed by atoms with E-state index >= 15 is 0 Å². The van der Waals surface area contributed by atoms with Gasteiger partial charge >= 0.3 is 0 Å². The Hall–Kier alpha value is -1.48. The third-order valence-electron chi connectivity index (χ3n) is 6.63. The van der Waals surface area contributed by atoms with Crippen molar-refractivity contribution in [1.29, 1.82) is 0 Å². The van der Waals surface area contributed by atoms with E-state index in [9.17, 15) is 13.2 Å². The van der Waals surface area contributed by atoms with E-state index in [2.05, 4.69) is 21.9 Å². The molecule has 1 saturated carbocycles. The molecule has 2 fully saturated rings. The van der Waals surface area contributed by atoms with Crippen molar-refractivity contribution >= 4 is 15.9 Å². The molecule has 8 heteroatoms. The first-order chi connectivity index (χ1) is 15.3. The Morgan fingerprint density at radius 1 is 1.12 bits per heavy atom. The van der Waals surface area contributed by atoms with Crippen molar-refractivity contribution in [3.05, 3.63) is 35.4 Å². The highest BCUT2D eigenvalue weighted by molar-refractivity contribution is 7.88. The molecule has 7 nitrogen and oxygen atoms in total. The molecular formula is C24H39N3O4S. The van der Waals surface area contributed by atoms with Gasteiger partial charge in [-0.15, -0.1) is 0 Å². The van der Waals surface area contributed by atoms with Crippen LogP contribution in [0.25, 0.3) is 0 Å². The van der Waals surface area contributed by atoms with Gasteiger partial charge < -0.3 is 15.0 Å². The van der Waals surface area contributed by atoms with Gasteiger partial charge in [0.1, 0.15) is 0 Å². The number of piperidine rings is 1. The summed E-state index contributed by atoms with van der Waals surface area (Å²) in [6, 6.07) is 7.36. The predicted octanol–water partition coefficient (Wildman–Crippen LogP) is 2.77. The smallest absolute Gasteiger partial charge is 0.251 e. The van der Waals surface area contributed by atoms with Crippen LogP contribution < -0.4 is 10.0 Å². The second-order valence-electron chi connectivity index (χ2n) is 9.34. The first-order valence-corrected chi connectivity index (χ1v) is 13.9. The summed E-state index contributed by atoms with van der Waals surface area (Å²) in [7, 11) is -3.24. The molecule has 1 aliphatic heterocycles. The molecule has 0 bridgehead atoms. The normalized spacial score (nSPS) is 24.9. The molecule has 32 heavy (non-hydrogen) atoms. The number of nitrogens with one attached hydrogen (secondary N) is 2. The van der Waals surface area contributed by atoms with Crippen LogP contribution in [-0.4, -0.2) is 64.4 Å². The van der Waals surface area contributed by atoms with Crippen LogP contribution in [0.4, 0.5) is 0 Å². The SMILES string of the molecule is CCOC[C@@H]1CCCN(C[C@H]2CCCC[C@@H]2NC(=O)c2ccc(CNS(C)(=O)=O)cc2)C1. The van der Waals surface area contributed by atoms with Crippen LogP contribution >= 0.6 is 0 Å². The number of nitrogens with zero attached hydrogens (tertiary/aromatic N) is 1. The molecule has 1 heterocycles. The second-order valence-corrected chi connectivity index (χ2v) is 11.2. The minimum absolute atomic E-state index is 0.0441. The van der Waals surface area contributed by atoms with Gasteiger partial charge in [0.15, 0.2) is 0 Å². The van der Waals surface area contributed by atoms with Crippen molar-refractivity contribution in [3.8, 4) is 0 Å². The molecule has 2 N–H and O–H groups in total. The highest BCUT2D eigenvalue weighted by Gasteiger charge is 2.30. The summed E-state index contributed by atoms with van der Waals surface area (Å²) in [4.78, 5) is 15.5. The number of sulfonamides is 1. The van der Waals surface area contributed by atoms with Crippen LogP contribution in [0.5, 0.6) is 0 Å². The Balaban J connectivity index is 1.53. The van der Waals surface area contributed by atoms with Gasteiger partial charge in [-0.3, -0.25) is 4.79 Å². The van der Waals surface area contributed by atoms with Crippen LogP contribution in [-0.2, 0) is 21.3 Å². The third-order valence-corrected chi connectivity index (χ3v) is 7.30. The zero-order valence-corrected chi connectivity index (χ0v) is 20.3. The van der Waals surface area contributed by atoms with E-state index in [1.807, 2.05) is 0 Å². The molecule has 0 radical (unpaired) electrons. The number of hydrogen-bond acceptors (Lipinski definition) is 5. The predicted molar refractivity (Wildman–Crippen MR) is 127 cm³/mol. The van der Waals surface area contributed by atoms with E-state index in [1.54, 1.807) is 24.3 Å². The Morgan fingerprint density at radius 3 is 2.59 bits per heavy atom. The number of benzene rings is 1. The lowest BCUT2D eigenvalue weighted by atomic mass is 9.83. The summed E-state index contributed by atoms with van der Waals surface area (Å²) >= 11 is 0. The lowest BCUT2D eigenvalue weighted by molar-refractivity contribution is 0.0548. The largest absolute Gasteiger partial charge is 0.381 e. The zero-order chi connectivity index (χ0) is 23.0. The molecule has 1 saturated heterocycles. The highest BCUT2D eigenvalue weighted by Crippen LogP contribution is 2.27. The van der Waals surface area contributed by atoms with Gasteiger partial charge in [0.25, 0.3) is 5.91 Å². The van der Waals surface area contributed by atoms with Gasteiger partial charge in [-0.25, -0.2) is 13.1 Å². The number of hydrogen-bond donors (Lipinski definition) is 2. The molecule has 1 aromatic rings. The van der Waals surface area contributed by atoms with E-state index < -0.39 is 10.0 Å². The zero-order valence-electron chi connectivity index (χ0n) is 19.5. The molecule has 3 rings (SSSR count). The van der Waals surface area contributed by atoms with E-state index in [1.165, 1.54) is 19.3 Å². The monoisotopic (exact) mass is 465 g/mol. The summed E-state index contributed by atoms with van der Waals surface area (Å²) in [6.45, 7) is 7.20. The second kappa shape index (κ2) is 12.1. The molecule has 1 aliphatic carbocycles. The Kier molecular flexibility index (Phi) is 9.52. The van der Waals surface area contributed by atoms with E-state index in [-0.39, 0.29) is 18.5 Å². The minimum atomic E-state index is -3.24. The lowest BCUT2D eigenvalue weighted by Crippen LogP contribution is -2.48. The molecule has 0 unspecified atom stereocenters. The summed E-state index contributed by atoms with van der Waals surface area (Å²) in [5, 5.41) is 3.29. The van der Waals surface area contributed by atoms with Crippen molar-refractivity contribution in [2.24, 2.45) is 11.8 Å². The van der Waals surface area contributed by atoms with E-state index in [4.69, 9.17) is 4.74 Å². The molecule has 0 aromatic heterocycles. The van der Waals surface area contributed by atoms with E-state index in [0.29, 0.717) is 17.4 Å². The van der Waals surface area contributed by atoms with Crippen LogP contribution in [0.2, 0.25) is 0 Å². The van der Waals surface area contributed by atoms with Gasteiger partial charge in [0.05, 0.1) is 12.9 Å². The number of ether oxygens (including phenoxy) is 1. The van der Waals surface area contributed by atoms with Crippen molar-refractivity contribution in [2.45, 2.75) is 58.0 Å². The number of amides is 1.